The van der Waals surface area contributed by atoms with Gasteiger partial charge in [0, 0.05) is 34.6 Å². The fourth-order valence-electron chi connectivity index (χ4n) is 4.92. The first-order chi connectivity index (χ1) is 20.3. The average molecular weight is 611 g/mol. The first-order valence-corrected chi connectivity index (χ1v) is 13.7. The number of benzene rings is 1. The van der Waals surface area contributed by atoms with Crippen molar-refractivity contribution >= 4 is 29.8 Å². The molecular formula is C29H38O14. The minimum absolute atomic E-state index is 0.0442. The van der Waals surface area contributed by atoms with Gasteiger partial charge in [-0.1, -0.05) is 30.3 Å². The Hall–Kier alpha value is -3.59. The lowest BCUT2D eigenvalue weighted by Gasteiger charge is -2.48. The molecule has 0 bridgehead atoms. The van der Waals surface area contributed by atoms with E-state index in [0.717, 1.165) is 26.3 Å². The molecule has 0 saturated carbocycles. The van der Waals surface area contributed by atoms with E-state index in [0.29, 0.717) is 0 Å². The van der Waals surface area contributed by atoms with E-state index in [1.165, 1.54) is 13.8 Å². The first kappa shape index (κ1) is 33.9. The summed E-state index contributed by atoms with van der Waals surface area (Å²) in [6, 6.07) is 9.12. The molecule has 2 saturated heterocycles. The quantitative estimate of drug-likeness (QED) is 0.277. The minimum Gasteiger partial charge on any atom is -0.457 e. The zero-order valence-electron chi connectivity index (χ0n) is 25.1. The second-order valence-corrected chi connectivity index (χ2v) is 10.2. The Balaban J connectivity index is 2.04. The van der Waals surface area contributed by atoms with Crippen LogP contribution in [0.1, 0.15) is 54.0 Å². The molecule has 10 atom stereocenters. The lowest BCUT2D eigenvalue weighted by Crippen LogP contribution is -2.65. The van der Waals surface area contributed by atoms with Crippen LogP contribution in [0.15, 0.2) is 30.3 Å². The maximum atomic E-state index is 12.2. The number of carbonyl (C=O) groups excluding carboxylic acids is 5. The van der Waals surface area contributed by atoms with Crippen LogP contribution in [-0.2, 0) is 73.2 Å². The van der Waals surface area contributed by atoms with E-state index in [1.807, 2.05) is 30.3 Å². The third-order valence-corrected chi connectivity index (χ3v) is 6.52. The standard InChI is InChI=1S/C29H38O14/c1-14-22(38-16(3)30)24(35-13-21-11-9-8-10-12-21)26(28(36-14)42-20(7)34)43-29-27(41-19(6)33)25(40-18(5)32)23(15(2)37-29)39-17(4)31/h8-12,14-15,22-29H,13H2,1-7H3/t14-,15-,22-,23+,24+,25+,26+,27-,28-,29+/m1/s1. The molecule has 0 unspecified atom stereocenters. The van der Waals surface area contributed by atoms with Crippen LogP contribution in [-0.4, -0.2) is 91.3 Å². The van der Waals surface area contributed by atoms with Crippen molar-refractivity contribution in [2.45, 2.75) is 116 Å². The van der Waals surface area contributed by atoms with Crippen LogP contribution >= 0.6 is 0 Å². The van der Waals surface area contributed by atoms with Crippen molar-refractivity contribution in [3.63, 3.8) is 0 Å². The van der Waals surface area contributed by atoms with Gasteiger partial charge in [-0.2, -0.15) is 0 Å². The summed E-state index contributed by atoms with van der Waals surface area (Å²) in [5.41, 5.74) is 0.783. The van der Waals surface area contributed by atoms with Crippen molar-refractivity contribution in [3.8, 4) is 0 Å². The molecule has 0 aliphatic carbocycles. The van der Waals surface area contributed by atoms with Gasteiger partial charge in [-0.05, 0) is 19.4 Å². The minimum atomic E-state index is -1.49. The Kier molecular flexibility index (Phi) is 12.0. The van der Waals surface area contributed by atoms with E-state index in [1.54, 1.807) is 13.8 Å². The van der Waals surface area contributed by atoms with Gasteiger partial charge in [-0.15, -0.1) is 0 Å². The van der Waals surface area contributed by atoms with Gasteiger partial charge >= 0.3 is 29.8 Å². The summed E-state index contributed by atoms with van der Waals surface area (Å²) in [5, 5.41) is 0. The summed E-state index contributed by atoms with van der Waals surface area (Å²) >= 11 is 0. The molecule has 2 fully saturated rings. The molecular weight excluding hydrogens is 572 g/mol. The molecule has 0 radical (unpaired) electrons. The van der Waals surface area contributed by atoms with Crippen molar-refractivity contribution < 1.29 is 66.6 Å². The monoisotopic (exact) mass is 610 g/mol. The van der Waals surface area contributed by atoms with Gasteiger partial charge in [0.1, 0.15) is 6.10 Å². The molecule has 238 valence electrons. The highest BCUT2D eigenvalue weighted by atomic mass is 16.8. The molecule has 14 nitrogen and oxygen atoms in total. The van der Waals surface area contributed by atoms with E-state index in [9.17, 15) is 24.0 Å². The number of hydrogen-bond donors (Lipinski definition) is 0. The lowest BCUT2D eigenvalue weighted by molar-refractivity contribution is -0.362. The topological polar surface area (TPSA) is 168 Å². The van der Waals surface area contributed by atoms with Crippen molar-refractivity contribution in [1.82, 2.24) is 0 Å². The molecule has 2 aliphatic heterocycles. The van der Waals surface area contributed by atoms with Gasteiger partial charge in [-0.3, -0.25) is 24.0 Å². The van der Waals surface area contributed by atoms with Crippen molar-refractivity contribution in [2.75, 3.05) is 0 Å². The van der Waals surface area contributed by atoms with Gasteiger partial charge in [-0.25, -0.2) is 0 Å². The van der Waals surface area contributed by atoms with Crippen LogP contribution in [0.25, 0.3) is 0 Å². The van der Waals surface area contributed by atoms with E-state index >= 15 is 0 Å². The second-order valence-electron chi connectivity index (χ2n) is 10.2. The summed E-state index contributed by atoms with van der Waals surface area (Å²) in [7, 11) is 0. The molecule has 0 N–H and O–H groups in total. The molecule has 2 aliphatic rings. The van der Waals surface area contributed by atoms with Crippen LogP contribution in [0.4, 0.5) is 0 Å². The predicted molar refractivity (Wildman–Crippen MR) is 143 cm³/mol. The molecule has 0 spiro atoms. The molecule has 2 heterocycles. The second kappa shape index (κ2) is 15.2. The molecule has 1 aromatic rings. The summed E-state index contributed by atoms with van der Waals surface area (Å²) in [6.07, 6.45) is -12.1. The van der Waals surface area contributed by atoms with Crippen molar-refractivity contribution in [3.05, 3.63) is 35.9 Å². The largest absolute Gasteiger partial charge is 0.457 e. The van der Waals surface area contributed by atoms with Crippen LogP contribution < -0.4 is 0 Å². The summed E-state index contributed by atoms with van der Waals surface area (Å²) < 4.78 is 51.8. The number of rotatable bonds is 10. The Bertz CT molecular complexity index is 1140. The van der Waals surface area contributed by atoms with Gasteiger partial charge in [0.2, 0.25) is 6.29 Å². The maximum Gasteiger partial charge on any atom is 0.305 e. The van der Waals surface area contributed by atoms with E-state index in [-0.39, 0.29) is 6.61 Å². The van der Waals surface area contributed by atoms with Crippen LogP contribution in [0.3, 0.4) is 0 Å². The SMILES string of the molecule is CC(=O)O[C@H]1O[C@H](C)[C@@H](OC(C)=O)[C@H](OCc2ccccc2)[C@@H]1O[C@@H]1O[C@H](C)[C@H](OC(C)=O)[C@H](OC(C)=O)[C@H]1OC(C)=O. The number of esters is 5. The van der Waals surface area contributed by atoms with E-state index < -0.39 is 91.3 Å². The lowest BCUT2D eigenvalue weighted by atomic mass is 9.96. The smallest absolute Gasteiger partial charge is 0.305 e. The highest BCUT2D eigenvalue weighted by molar-refractivity contribution is 5.68. The predicted octanol–water partition coefficient (Wildman–Crippen LogP) is 1.74. The third-order valence-electron chi connectivity index (χ3n) is 6.52. The highest BCUT2D eigenvalue weighted by Crippen LogP contribution is 2.35. The maximum absolute atomic E-state index is 12.2. The van der Waals surface area contributed by atoms with Gasteiger partial charge in [0.05, 0.1) is 18.8 Å². The Labute approximate surface area is 249 Å². The number of hydrogen-bond acceptors (Lipinski definition) is 14. The van der Waals surface area contributed by atoms with Gasteiger partial charge < -0.3 is 42.6 Å². The molecule has 1 aromatic carbocycles. The average Bonchev–Trinajstić information content (AvgIpc) is 2.89. The highest BCUT2D eigenvalue weighted by Gasteiger charge is 2.55. The normalized spacial score (nSPS) is 32.2. The van der Waals surface area contributed by atoms with Gasteiger partial charge in [0.25, 0.3) is 0 Å². The molecule has 3 rings (SSSR count). The molecule has 14 heteroatoms. The Morgan fingerprint density at radius 1 is 0.558 bits per heavy atom. The fourth-order valence-corrected chi connectivity index (χ4v) is 4.92. The van der Waals surface area contributed by atoms with Crippen molar-refractivity contribution in [1.29, 1.82) is 0 Å². The van der Waals surface area contributed by atoms with Crippen molar-refractivity contribution in [2.24, 2.45) is 0 Å². The Morgan fingerprint density at radius 3 is 1.51 bits per heavy atom. The zero-order chi connectivity index (χ0) is 31.8. The number of ether oxygens (including phenoxy) is 9. The zero-order valence-corrected chi connectivity index (χ0v) is 25.1. The van der Waals surface area contributed by atoms with E-state index in [4.69, 9.17) is 42.6 Å². The molecule has 43 heavy (non-hydrogen) atoms. The van der Waals surface area contributed by atoms with E-state index in [2.05, 4.69) is 0 Å². The fraction of sp³-hybridized carbons (Fsp3) is 0.621. The van der Waals surface area contributed by atoms with Crippen LogP contribution in [0.2, 0.25) is 0 Å². The summed E-state index contributed by atoms with van der Waals surface area (Å²) in [6.45, 7) is 9.00. The first-order valence-electron chi connectivity index (χ1n) is 13.7. The molecule has 0 amide bonds. The van der Waals surface area contributed by atoms with Gasteiger partial charge in [0.15, 0.2) is 36.8 Å². The Morgan fingerprint density at radius 2 is 1.00 bits per heavy atom. The van der Waals surface area contributed by atoms with Crippen LogP contribution in [0.5, 0.6) is 0 Å². The van der Waals surface area contributed by atoms with Crippen LogP contribution in [0, 0.1) is 0 Å². The summed E-state index contributed by atoms with van der Waals surface area (Å²) in [5.74, 6) is -3.56. The third kappa shape index (κ3) is 9.45. The summed E-state index contributed by atoms with van der Waals surface area (Å²) in [4.78, 5) is 60.3. The number of carbonyl (C=O) groups is 5. The molecule has 0 aromatic heterocycles.